The molecule has 0 saturated carbocycles. The topological polar surface area (TPSA) is 63.1 Å². The maximum atomic E-state index is 13.2. The summed E-state index contributed by atoms with van der Waals surface area (Å²) in [6, 6.07) is 6.70. The average molecular weight is 460 g/mol. The van der Waals surface area contributed by atoms with Gasteiger partial charge in [0.25, 0.3) is 5.56 Å². The van der Waals surface area contributed by atoms with E-state index in [0.717, 1.165) is 49.0 Å². The first-order valence-corrected chi connectivity index (χ1v) is 11.1. The smallest absolute Gasteiger partial charge is 0.361 e. The number of likely N-dealkylation sites (tertiary alicyclic amines) is 1. The third-order valence-electron chi connectivity index (χ3n) is 6.57. The minimum atomic E-state index is -4.41. The van der Waals surface area contributed by atoms with Crippen LogP contribution in [0.4, 0.5) is 19.0 Å². The molecule has 6 nitrogen and oxygen atoms in total. The number of aromatic nitrogens is 3. The molecule has 1 N–H and O–H groups in total. The van der Waals surface area contributed by atoms with Gasteiger partial charge >= 0.3 is 6.18 Å². The summed E-state index contributed by atoms with van der Waals surface area (Å²) in [5, 5.41) is 12.5. The molecule has 1 fully saturated rings. The average Bonchev–Trinajstić information content (AvgIpc) is 2.78. The van der Waals surface area contributed by atoms with Gasteiger partial charge in [-0.2, -0.15) is 18.3 Å². The molecule has 0 aliphatic carbocycles. The lowest BCUT2D eigenvalue weighted by molar-refractivity contribution is -0.137. The summed E-state index contributed by atoms with van der Waals surface area (Å²) in [6.07, 6.45) is -2.61. The van der Waals surface area contributed by atoms with Crippen molar-refractivity contribution in [2.75, 3.05) is 25.5 Å². The molecule has 0 spiro atoms. The van der Waals surface area contributed by atoms with E-state index < -0.39 is 17.8 Å². The molecule has 2 aromatic heterocycles. The molecule has 33 heavy (non-hydrogen) atoms. The summed E-state index contributed by atoms with van der Waals surface area (Å²) < 4.78 is 41.1. The number of anilines is 1. The van der Waals surface area contributed by atoms with Crippen molar-refractivity contribution in [2.24, 2.45) is 7.05 Å². The summed E-state index contributed by atoms with van der Waals surface area (Å²) >= 11 is 0. The van der Waals surface area contributed by atoms with Gasteiger partial charge in [0.1, 0.15) is 0 Å². The normalized spacial score (nSPS) is 16.8. The van der Waals surface area contributed by atoms with Crippen LogP contribution in [0, 0.1) is 6.92 Å². The van der Waals surface area contributed by atoms with Crippen molar-refractivity contribution in [2.45, 2.75) is 44.8 Å². The molecule has 176 valence electrons. The molecule has 3 aromatic rings. The van der Waals surface area contributed by atoms with E-state index in [-0.39, 0.29) is 11.5 Å². The van der Waals surface area contributed by atoms with Gasteiger partial charge in [0.05, 0.1) is 22.8 Å². The van der Waals surface area contributed by atoms with Crippen LogP contribution in [0.5, 0.6) is 0 Å². The lowest BCUT2D eigenvalue weighted by Gasteiger charge is -2.29. The van der Waals surface area contributed by atoms with Crippen molar-refractivity contribution in [3.05, 3.63) is 63.1 Å². The van der Waals surface area contributed by atoms with Gasteiger partial charge in [-0.25, -0.2) is 0 Å². The molecule has 1 aromatic carbocycles. The standard InChI is InChI=1S/C24H28F3N5O/c1-14(17-6-5-7-18(12-17)24(25,26)27)28-22-20-13-19(16-8-10-31(3)11-9-16)23(33)32(4)21(20)15(2)29-30-22/h5-7,12-14,16H,8-11H2,1-4H3,(H,28,30)/t14-/m1/s1. The van der Waals surface area contributed by atoms with Gasteiger partial charge in [-0.3, -0.25) is 4.79 Å². The summed E-state index contributed by atoms with van der Waals surface area (Å²) in [6.45, 7) is 5.43. The number of piperidine rings is 1. The van der Waals surface area contributed by atoms with Crippen molar-refractivity contribution < 1.29 is 13.2 Å². The fourth-order valence-electron chi connectivity index (χ4n) is 4.60. The lowest BCUT2D eigenvalue weighted by Crippen LogP contribution is -2.33. The highest BCUT2D eigenvalue weighted by Crippen LogP contribution is 2.33. The van der Waals surface area contributed by atoms with E-state index in [0.29, 0.717) is 22.6 Å². The van der Waals surface area contributed by atoms with Crippen LogP contribution in [0.3, 0.4) is 0 Å². The molecule has 0 bridgehead atoms. The first-order valence-electron chi connectivity index (χ1n) is 11.1. The van der Waals surface area contributed by atoms with Gasteiger partial charge in [0.2, 0.25) is 0 Å². The zero-order valence-corrected chi connectivity index (χ0v) is 19.2. The van der Waals surface area contributed by atoms with Crippen LogP contribution >= 0.6 is 0 Å². The summed E-state index contributed by atoms with van der Waals surface area (Å²) in [5.74, 6) is 0.608. The Balaban J connectivity index is 1.75. The summed E-state index contributed by atoms with van der Waals surface area (Å²) in [4.78, 5) is 15.4. The molecule has 0 amide bonds. The Morgan fingerprint density at radius 3 is 2.48 bits per heavy atom. The third-order valence-corrected chi connectivity index (χ3v) is 6.57. The molecule has 1 aliphatic heterocycles. The van der Waals surface area contributed by atoms with E-state index in [1.54, 1.807) is 31.5 Å². The number of pyridine rings is 1. The second kappa shape index (κ2) is 8.78. The van der Waals surface area contributed by atoms with Gasteiger partial charge in [0, 0.05) is 18.0 Å². The summed E-state index contributed by atoms with van der Waals surface area (Å²) in [5.41, 5.74) is 1.80. The number of benzene rings is 1. The van der Waals surface area contributed by atoms with Gasteiger partial charge < -0.3 is 14.8 Å². The molecule has 1 atom stereocenters. The second-order valence-electron chi connectivity index (χ2n) is 8.93. The minimum Gasteiger partial charge on any atom is -0.361 e. The van der Waals surface area contributed by atoms with Crippen molar-refractivity contribution in [1.29, 1.82) is 0 Å². The van der Waals surface area contributed by atoms with Crippen LogP contribution in [0.15, 0.2) is 35.1 Å². The van der Waals surface area contributed by atoms with E-state index in [9.17, 15) is 18.0 Å². The largest absolute Gasteiger partial charge is 0.416 e. The van der Waals surface area contributed by atoms with Crippen molar-refractivity contribution in [3.63, 3.8) is 0 Å². The number of nitrogens with one attached hydrogen (secondary N) is 1. The Kier molecular flexibility index (Phi) is 6.18. The van der Waals surface area contributed by atoms with Crippen molar-refractivity contribution in [3.8, 4) is 0 Å². The second-order valence-corrected chi connectivity index (χ2v) is 8.93. The van der Waals surface area contributed by atoms with Crippen LogP contribution in [0.1, 0.15) is 54.1 Å². The zero-order valence-electron chi connectivity index (χ0n) is 19.2. The molecule has 3 heterocycles. The highest BCUT2D eigenvalue weighted by Gasteiger charge is 2.31. The quantitative estimate of drug-likeness (QED) is 0.616. The number of aryl methyl sites for hydroxylation is 2. The molecule has 4 rings (SSSR count). The van der Waals surface area contributed by atoms with Crippen molar-refractivity contribution >= 4 is 16.7 Å². The van der Waals surface area contributed by atoms with E-state index in [1.807, 2.05) is 6.07 Å². The number of hydrogen-bond donors (Lipinski definition) is 1. The Morgan fingerprint density at radius 1 is 1.12 bits per heavy atom. The third kappa shape index (κ3) is 4.59. The number of nitrogens with zero attached hydrogens (tertiary/aromatic N) is 4. The Hall–Kier alpha value is -2.94. The van der Waals surface area contributed by atoms with E-state index in [1.165, 1.54) is 6.07 Å². The highest BCUT2D eigenvalue weighted by atomic mass is 19.4. The monoisotopic (exact) mass is 459 g/mol. The maximum Gasteiger partial charge on any atom is 0.416 e. The van der Waals surface area contributed by atoms with Gasteiger partial charge in [0.15, 0.2) is 5.82 Å². The zero-order chi connectivity index (χ0) is 23.9. The minimum absolute atomic E-state index is 0.0370. The molecule has 0 radical (unpaired) electrons. The Bertz CT molecular complexity index is 1230. The number of rotatable bonds is 4. The maximum absolute atomic E-state index is 13.2. The van der Waals surface area contributed by atoms with Crippen LogP contribution in [-0.4, -0.2) is 39.8 Å². The fraction of sp³-hybridized carbons (Fsp3) is 0.458. The van der Waals surface area contributed by atoms with Crippen LogP contribution < -0.4 is 10.9 Å². The predicted molar refractivity (Wildman–Crippen MR) is 122 cm³/mol. The first kappa shape index (κ1) is 23.2. The van der Waals surface area contributed by atoms with Crippen molar-refractivity contribution in [1.82, 2.24) is 19.7 Å². The molecule has 1 aliphatic rings. The number of fused-ring (bicyclic) bond motifs is 1. The SMILES string of the molecule is Cc1nnc(N[C@H](C)c2cccc(C(F)(F)F)c2)c2cc(C3CCN(C)CC3)c(=O)n(C)c12. The summed E-state index contributed by atoms with van der Waals surface area (Å²) in [7, 11) is 3.81. The molecule has 0 unspecified atom stereocenters. The van der Waals surface area contributed by atoms with Crippen LogP contribution in [0.25, 0.3) is 10.9 Å². The fourth-order valence-corrected chi connectivity index (χ4v) is 4.60. The van der Waals surface area contributed by atoms with Gasteiger partial charge in [-0.15, -0.1) is 5.10 Å². The van der Waals surface area contributed by atoms with Gasteiger partial charge in [-0.05, 0) is 76.5 Å². The number of halogens is 3. The molecule has 1 saturated heterocycles. The first-order chi connectivity index (χ1) is 15.6. The van der Waals surface area contributed by atoms with E-state index >= 15 is 0 Å². The lowest BCUT2D eigenvalue weighted by atomic mass is 9.89. The molecular weight excluding hydrogens is 431 g/mol. The number of alkyl halides is 3. The van der Waals surface area contributed by atoms with E-state index in [4.69, 9.17) is 0 Å². The highest BCUT2D eigenvalue weighted by molar-refractivity contribution is 5.91. The molecular formula is C24H28F3N5O. The van der Waals surface area contributed by atoms with Gasteiger partial charge in [-0.1, -0.05) is 12.1 Å². The molecule has 9 heteroatoms. The Morgan fingerprint density at radius 2 is 1.82 bits per heavy atom. The van der Waals surface area contributed by atoms with Crippen LogP contribution in [-0.2, 0) is 13.2 Å². The Labute approximate surface area is 190 Å². The van der Waals surface area contributed by atoms with Crippen LogP contribution in [0.2, 0.25) is 0 Å². The predicted octanol–water partition coefficient (Wildman–Crippen LogP) is 4.64. The number of hydrogen-bond acceptors (Lipinski definition) is 5. The van der Waals surface area contributed by atoms with E-state index in [2.05, 4.69) is 27.5 Å².